The highest BCUT2D eigenvalue weighted by atomic mass is 35.5. The summed E-state index contributed by atoms with van der Waals surface area (Å²) in [6, 6.07) is 7.89. The van der Waals surface area contributed by atoms with E-state index in [-0.39, 0.29) is 11.3 Å². The van der Waals surface area contributed by atoms with Crippen LogP contribution in [0.25, 0.3) is 0 Å². The minimum absolute atomic E-state index is 0.123. The van der Waals surface area contributed by atoms with Crippen LogP contribution in [-0.2, 0) is 4.79 Å². The lowest BCUT2D eigenvalue weighted by molar-refractivity contribution is -0.127. The maximum absolute atomic E-state index is 12.5. The molecule has 1 nitrogen and oxygen atoms in total. The van der Waals surface area contributed by atoms with Crippen LogP contribution in [0.2, 0.25) is 5.02 Å². The summed E-state index contributed by atoms with van der Waals surface area (Å²) in [5, 5.41) is 0.741. The Labute approximate surface area is 120 Å². The van der Waals surface area contributed by atoms with Crippen molar-refractivity contribution in [1.29, 1.82) is 0 Å². The smallest absolute Gasteiger partial charge is 0.142 e. The van der Waals surface area contributed by atoms with Crippen molar-refractivity contribution in [3.05, 3.63) is 47.0 Å². The second kappa shape index (κ2) is 5.13. The Morgan fingerprint density at radius 3 is 2.26 bits per heavy atom. The molecule has 0 N–H and O–H groups in total. The molecule has 0 spiro atoms. The van der Waals surface area contributed by atoms with Crippen molar-refractivity contribution in [1.82, 2.24) is 0 Å². The molecule has 2 rings (SSSR count). The third-order valence-electron chi connectivity index (χ3n) is 3.79. The zero-order chi connectivity index (χ0) is 14.2. The van der Waals surface area contributed by atoms with Gasteiger partial charge in [0, 0.05) is 22.3 Å². The van der Waals surface area contributed by atoms with Gasteiger partial charge in [-0.1, -0.05) is 56.7 Å². The molecule has 3 atom stereocenters. The van der Waals surface area contributed by atoms with Gasteiger partial charge in [-0.3, -0.25) is 4.79 Å². The van der Waals surface area contributed by atoms with Gasteiger partial charge in [-0.2, -0.15) is 0 Å². The number of carbonyl (C=O) groups is 1. The van der Waals surface area contributed by atoms with Gasteiger partial charge in [0.15, 0.2) is 0 Å². The predicted octanol–water partition coefficient (Wildman–Crippen LogP) is 4.86. The molecule has 1 saturated carbocycles. The molecule has 1 aliphatic rings. The van der Waals surface area contributed by atoms with E-state index in [4.69, 9.17) is 11.6 Å². The van der Waals surface area contributed by atoms with Gasteiger partial charge in [0.2, 0.25) is 0 Å². The highest BCUT2D eigenvalue weighted by Gasteiger charge is 2.55. The molecule has 102 valence electrons. The Balaban J connectivity index is 2.25. The molecule has 0 heterocycles. The Hall–Kier alpha value is -1.08. The predicted molar refractivity (Wildman–Crippen MR) is 80.4 cm³/mol. The molecule has 0 bridgehead atoms. The van der Waals surface area contributed by atoms with E-state index in [1.54, 1.807) is 0 Å². The van der Waals surface area contributed by atoms with E-state index in [1.807, 2.05) is 58.0 Å². The first-order valence-corrected chi connectivity index (χ1v) is 7.16. The minimum atomic E-state index is -0.272. The van der Waals surface area contributed by atoms with Crippen molar-refractivity contribution in [2.45, 2.75) is 33.6 Å². The Bertz CT molecular complexity index is 493. The van der Waals surface area contributed by atoms with E-state index >= 15 is 0 Å². The molecule has 0 unspecified atom stereocenters. The van der Waals surface area contributed by atoms with E-state index < -0.39 is 0 Å². The van der Waals surface area contributed by atoms with Gasteiger partial charge < -0.3 is 0 Å². The molecule has 1 aromatic carbocycles. The van der Waals surface area contributed by atoms with Crippen molar-refractivity contribution in [3.8, 4) is 0 Å². The van der Waals surface area contributed by atoms with Crippen LogP contribution in [0.1, 0.15) is 39.2 Å². The standard InChI is InChI=1S/C17H21ClO/c1-5-6-13-14(11-7-9-12(18)10-8-11)15(13)16(19)17(2,3)4/h5-10,13-15H,1-4H3/b6-5+/t13-,14-,15-/m0/s1. The molecular formula is C17H21ClO. The number of hydrogen-bond donors (Lipinski definition) is 0. The van der Waals surface area contributed by atoms with E-state index in [2.05, 4.69) is 6.08 Å². The fraction of sp³-hybridized carbons (Fsp3) is 0.471. The Kier molecular flexibility index (Phi) is 3.87. The van der Waals surface area contributed by atoms with Gasteiger partial charge >= 0.3 is 0 Å². The topological polar surface area (TPSA) is 17.1 Å². The van der Waals surface area contributed by atoms with Gasteiger partial charge in [-0.25, -0.2) is 0 Å². The number of halogens is 1. The summed E-state index contributed by atoms with van der Waals surface area (Å²) in [6.45, 7) is 8.01. The average molecular weight is 277 g/mol. The van der Waals surface area contributed by atoms with Crippen molar-refractivity contribution < 1.29 is 4.79 Å². The Morgan fingerprint density at radius 2 is 1.79 bits per heavy atom. The highest BCUT2D eigenvalue weighted by Crippen LogP contribution is 2.57. The van der Waals surface area contributed by atoms with Crippen molar-refractivity contribution in [2.75, 3.05) is 0 Å². The average Bonchev–Trinajstić information content (AvgIpc) is 3.02. The molecule has 0 aromatic heterocycles. The van der Waals surface area contributed by atoms with Crippen LogP contribution in [0.5, 0.6) is 0 Å². The van der Waals surface area contributed by atoms with E-state index in [1.165, 1.54) is 5.56 Å². The number of benzene rings is 1. The summed E-state index contributed by atoms with van der Waals surface area (Å²) in [5.41, 5.74) is 0.946. The lowest BCUT2D eigenvalue weighted by atomic mass is 9.86. The first-order valence-electron chi connectivity index (χ1n) is 6.79. The maximum Gasteiger partial charge on any atom is 0.142 e. The molecule has 1 fully saturated rings. The second-order valence-corrected chi connectivity index (χ2v) is 6.76. The minimum Gasteiger partial charge on any atom is -0.299 e. The van der Waals surface area contributed by atoms with E-state index in [0.717, 1.165) is 5.02 Å². The molecule has 19 heavy (non-hydrogen) atoms. The Morgan fingerprint density at radius 1 is 1.21 bits per heavy atom. The van der Waals surface area contributed by atoms with Crippen LogP contribution < -0.4 is 0 Å². The summed E-state index contributed by atoms with van der Waals surface area (Å²) in [5.74, 6) is 1.14. The van der Waals surface area contributed by atoms with Crippen LogP contribution >= 0.6 is 11.6 Å². The molecular weight excluding hydrogens is 256 g/mol. The van der Waals surface area contributed by atoms with Crippen LogP contribution in [0.15, 0.2) is 36.4 Å². The molecule has 0 aliphatic heterocycles. The van der Waals surface area contributed by atoms with E-state index in [0.29, 0.717) is 17.6 Å². The van der Waals surface area contributed by atoms with Gasteiger partial charge in [0.25, 0.3) is 0 Å². The third kappa shape index (κ3) is 2.92. The second-order valence-electron chi connectivity index (χ2n) is 6.32. The van der Waals surface area contributed by atoms with Gasteiger partial charge in [-0.15, -0.1) is 0 Å². The monoisotopic (exact) mass is 276 g/mol. The SMILES string of the molecule is C/C=C/[C@@H]1[C@H](C(=O)C(C)(C)C)[C@H]1c1ccc(Cl)cc1. The molecule has 0 radical (unpaired) electrons. The molecule has 2 heteroatoms. The van der Waals surface area contributed by atoms with Gasteiger partial charge in [0.05, 0.1) is 0 Å². The first-order chi connectivity index (χ1) is 8.86. The first kappa shape index (κ1) is 14.3. The number of hydrogen-bond acceptors (Lipinski definition) is 1. The van der Waals surface area contributed by atoms with E-state index in [9.17, 15) is 4.79 Å². The van der Waals surface area contributed by atoms with Crippen LogP contribution in [0.3, 0.4) is 0 Å². The lowest BCUT2D eigenvalue weighted by Crippen LogP contribution is -2.23. The summed E-state index contributed by atoms with van der Waals surface area (Å²) >= 11 is 5.92. The number of rotatable bonds is 3. The summed E-state index contributed by atoms with van der Waals surface area (Å²) in [4.78, 5) is 12.5. The zero-order valence-corrected chi connectivity index (χ0v) is 12.7. The van der Waals surface area contributed by atoms with Crippen LogP contribution in [0, 0.1) is 17.3 Å². The lowest BCUT2D eigenvalue weighted by Gasteiger charge is -2.16. The van der Waals surface area contributed by atoms with Crippen LogP contribution in [0.4, 0.5) is 0 Å². The fourth-order valence-electron chi connectivity index (χ4n) is 2.75. The largest absolute Gasteiger partial charge is 0.299 e. The zero-order valence-electron chi connectivity index (χ0n) is 12.0. The third-order valence-corrected chi connectivity index (χ3v) is 4.04. The van der Waals surface area contributed by atoms with Crippen molar-refractivity contribution in [2.24, 2.45) is 17.3 Å². The maximum atomic E-state index is 12.5. The normalized spacial score (nSPS) is 26.7. The number of ketones is 1. The number of carbonyl (C=O) groups excluding carboxylic acids is 1. The van der Waals surface area contributed by atoms with Gasteiger partial charge in [-0.05, 0) is 30.5 Å². The molecule has 1 aromatic rings. The van der Waals surface area contributed by atoms with Crippen LogP contribution in [-0.4, -0.2) is 5.78 Å². The quantitative estimate of drug-likeness (QED) is 0.721. The number of Topliss-reactive ketones (excluding diaryl/α,β-unsaturated/α-hetero) is 1. The summed E-state index contributed by atoms with van der Waals surface area (Å²) in [7, 11) is 0. The van der Waals surface area contributed by atoms with Gasteiger partial charge in [0.1, 0.15) is 5.78 Å². The molecule has 1 aliphatic carbocycles. The number of allylic oxidation sites excluding steroid dienone is 2. The van der Waals surface area contributed by atoms with Crippen molar-refractivity contribution in [3.63, 3.8) is 0 Å². The molecule has 0 amide bonds. The molecule has 0 saturated heterocycles. The van der Waals surface area contributed by atoms with Crippen molar-refractivity contribution >= 4 is 17.4 Å². The highest BCUT2D eigenvalue weighted by molar-refractivity contribution is 6.30. The fourth-order valence-corrected chi connectivity index (χ4v) is 2.87. The summed E-state index contributed by atoms with van der Waals surface area (Å²) in [6.07, 6.45) is 4.21. The summed E-state index contributed by atoms with van der Waals surface area (Å²) < 4.78 is 0.